The van der Waals surface area contributed by atoms with E-state index in [1.807, 2.05) is 44.2 Å². The molecule has 0 aliphatic carbocycles. The SMILES string of the molecule is CC.O=C(CCCOc1ccc(Cl)cc1Cl)Nc1ccccc1. The Bertz CT molecular complexity index is 603. The maximum atomic E-state index is 11.7. The van der Waals surface area contributed by atoms with Gasteiger partial charge in [0.2, 0.25) is 5.91 Å². The summed E-state index contributed by atoms with van der Waals surface area (Å²) < 4.78 is 5.52. The van der Waals surface area contributed by atoms with E-state index in [0.717, 1.165) is 5.69 Å². The molecule has 2 aromatic rings. The molecule has 0 saturated heterocycles. The molecule has 3 nitrogen and oxygen atoms in total. The largest absolute Gasteiger partial charge is 0.492 e. The van der Waals surface area contributed by atoms with Gasteiger partial charge in [0.15, 0.2) is 0 Å². The lowest BCUT2D eigenvalue weighted by Crippen LogP contribution is -2.12. The highest BCUT2D eigenvalue weighted by atomic mass is 35.5. The van der Waals surface area contributed by atoms with Crippen LogP contribution in [0.1, 0.15) is 26.7 Å². The van der Waals surface area contributed by atoms with E-state index in [9.17, 15) is 4.79 Å². The standard InChI is InChI=1S/C16H15Cl2NO2.C2H6/c17-12-8-9-15(14(18)11-12)21-10-4-7-16(20)19-13-5-2-1-3-6-13;1-2/h1-3,5-6,8-9,11H,4,7,10H2,(H,19,20);1-2H3. The molecular formula is C18H21Cl2NO2. The molecule has 0 aliphatic heterocycles. The summed E-state index contributed by atoms with van der Waals surface area (Å²) in [5.74, 6) is 0.538. The van der Waals surface area contributed by atoms with Gasteiger partial charge < -0.3 is 10.1 Å². The molecule has 0 atom stereocenters. The van der Waals surface area contributed by atoms with Gasteiger partial charge in [0.1, 0.15) is 5.75 Å². The van der Waals surface area contributed by atoms with Crippen LogP contribution in [0, 0.1) is 0 Å². The van der Waals surface area contributed by atoms with Crippen LogP contribution in [0.25, 0.3) is 0 Å². The minimum atomic E-state index is -0.0352. The van der Waals surface area contributed by atoms with Crippen LogP contribution < -0.4 is 10.1 Å². The van der Waals surface area contributed by atoms with Crippen LogP contribution in [0.15, 0.2) is 48.5 Å². The van der Waals surface area contributed by atoms with Crippen LogP contribution in [-0.2, 0) is 4.79 Å². The lowest BCUT2D eigenvalue weighted by atomic mass is 10.2. The first kappa shape index (κ1) is 19.3. The molecule has 0 aromatic heterocycles. The van der Waals surface area contributed by atoms with Gasteiger partial charge in [-0.05, 0) is 36.8 Å². The maximum Gasteiger partial charge on any atom is 0.224 e. The zero-order valence-electron chi connectivity index (χ0n) is 13.3. The molecule has 1 N–H and O–H groups in total. The second-order valence-electron chi connectivity index (χ2n) is 4.44. The smallest absolute Gasteiger partial charge is 0.224 e. The molecule has 0 aliphatic rings. The van der Waals surface area contributed by atoms with Crippen molar-refractivity contribution in [1.82, 2.24) is 0 Å². The van der Waals surface area contributed by atoms with Crippen molar-refractivity contribution in [2.24, 2.45) is 0 Å². The fraction of sp³-hybridized carbons (Fsp3) is 0.278. The molecule has 2 rings (SSSR count). The van der Waals surface area contributed by atoms with Crippen molar-refractivity contribution in [2.45, 2.75) is 26.7 Å². The third kappa shape index (κ3) is 7.40. The van der Waals surface area contributed by atoms with Gasteiger partial charge in [0.05, 0.1) is 11.6 Å². The van der Waals surface area contributed by atoms with Crippen molar-refractivity contribution in [1.29, 1.82) is 0 Å². The van der Waals surface area contributed by atoms with Crippen LogP contribution in [0.2, 0.25) is 10.0 Å². The monoisotopic (exact) mass is 353 g/mol. The second kappa shape index (κ2) is 10.9. The average Bonchev–Trinajstić information content (AvgIpc) is 2.56. The van der Waals surface area contributed by atoms with E-state index in [4.69, 9.17) is 27.9 Å². The van der Waals surface area contributed by atoms with Crippen LogP contribution in [0.4, 0.5) is 5.69 Å². The summed E-state index contributed by atoms with van der Waals surface area (Å²) in [4.78, 5) is 11.7. The first-order valence-electron chi connectivity index (χ1n) is 7.58. The number of nitrogens with one attached hydrogen (secondary N) is 1. The molecule has 0 bridgehead atoms. The highest BCUT2D eigenvalue weighted by Crippen LogP contribution is 2.27. The van der Waals surface area contributed by atoms with Gasteiger partial charge in [0, 0.05) is 17.1 Å². The van der Waals surface area contributed by atoms with Gasteiger partial charge in [-0.25, -0.2) is 0 Å². The van der Waals surface area contributed by atoms with E-state index >= 15 is 0 Å². The molecular weight excluding hydrogens is 333 g/mol. The number of ether oxygens (including phenoxy) is 1. The number of rotatable bonds is 6. The third-order valence-electron chi connectivity index (χ3n) is 2.76. The first-order chi connectivity index (χ1) is 11.1. The van der Waals surface area contributed by atoms with Gasteiger partial charge in [-0.1, -0.05) is 55.2 Å². The van der Waals surface area contributed by atoms with Crippen LogP contribution >= 0.6 is 23.2 Å². The molecule has 0 unspecified atom stereocenters. The summed E-state index contributed by atoms with van der Waals surface area (Å²) in [7, 11) is 0. The number of halogens is 2. The van der Waals surface area contributed by atoms with Crippen molar-refractivity contribution in [3.05, 3.63) is 58.6 Å². The second-order valence-corrected chi connectivity index (χ2v) is 5.28. The van der Waals surface area contributed by atoms with E-state index in [1.54, 1.807) is 18.2 Å². The Kier molecular flexibility index (Phi) is 9.18. The van der Waals surface area contributed by atoms with Gasteiger partial charge in [-0.3, -0.25) is 4.79 Å². The highest BCUT2D eigenvalue weighted by molar-refractivity contribution is 6.35. The van der Waals surface area contributed by atoms with Crippen LogP contribution in [0.3, 0.4) is 0 Å². The molecule has 0 spiro atoms. The Morgan fingerprint density at radius 2 is 1.78 bits per heavy atom. The number of anilines is 1. The number of benzene rings is 2. The van der Waals surface area contributed by atoms with E-state index in [-0.39, 0.29) is 5.91 Å². The Labute approximate surface area is 147 Å². The van der Waals surface area contributed by atoms with Gasteiger partial charge >= 0.3 is 0 Å². The summed E-state index contributed by atoms with van der Waals surface area (Å²) in [5, 5.41) is 3.85. The van der Waals surface area contributed by atoms with E-state index in [1.165, 1.54) is 0 Å². The maximum absolute atomic E-state index is 11.7. The number of hydrogen-bond acceptors (Lipinski definition) is 2. The van der Waals surface area contributed by atoms with Gasteiger partial charge in [-0.2, -0.15) is 0 Å². The van der Waals surface area contributed by atoms with E-state index < -0.39 is 0 Å². The van der Waals surface area contributed by atoms with E-state index in [0.29, 0.717) is 35.2 Å². The Hall–Kier alpha value is -1.71. The normalized spacial score (nSPS) is 9.57. The quantitative estimate of drug-likeness (QED) is 0.664. The lowest BCUT2D eigenvalue weighted by molar-refractivity contribution is -0.116. The van der Waals surface area contributed by atoms with Crippen LogP contribution in [-0.4, -0.2) is 12.5 Å². The van der Waals surface area contributed by atoms with Crippen molar-refractivity contribution >= 4 is 34.8 Å². The zero-order chi connectivity index (χ0) is 17.1. The third-order valence-corrected chi connectivity index (χ3v) is 3.29. The topological polar surface area (TPSA) is 38.3 Å². The predicted octanol–water partition coefficient (Wildman–Crippen LogP) is 5.82. The molecule has 124 valence electrons. The number of carbonyl (C=O) groups excluding carboxylic acids is 1. The van der Waals surface area contributed by atoms with Gasteiger partial charge in [0.25, 0.3) is 0 Å². The molecule has 0 saturated carbocycles. The van der Waals surface area contributed by atoms with Gasteiger partial charge in [-0.15, -0.1) is 0 Å². The molecule has 0 heterocycles. The summed E-state index contributed by atoms with van der Waals surface area (Å²) in [6, 6.07) is 14.4. The Morgan fingerprint density at radius 1 is 1.09 bits per heavy atom. The molecule has 0 fully saturated rings. The molecule has 1 amide bonds. The summed E-state index contributed by atoms with van der Waals surface area (Å²) in [5.41, 5.74) is 0.796. The van der Waals surface area contributed by atoms with E-state index in [2.05, 4.69) is 5.32 Å². The number of para-hydroxylation sites is 1. The summed E-state index contributed by atoms with van der Waals surface area (Å²) in [6.45, 7) is 4.42. The first-order valence-corrected chi connectivity index (χ1v) is 8.33. The number of hydrogen-bond donors (Lipinski definition) is 1. The highest BCUT2D eigenvalue weighted by Gasteiger charge is 2.04. The zero-order valence-corrected chi connectivity index (χ0v) is 14.8. The molecule has 5 heteroatoms. The Balaban J connectivity index is 0.00000127. The van der Waals surface area contributed by atoms with Crippen molar-refractivity contribution in [2.75, 3.05) is 11.9 Å². The summed E-state index contributed by atoms with van der Waals surface area (Å²) in [6.07, 6.45) is 0.998. The molecule has 0 radical (unpaired) electrons. The minimum Gasteiger partial charge on any atom is -0.492 e. The lowest BCUT2D eigenvalue weighted by Gasteiger charge is -2.08. The average molecular weight is 354 g/mol. The number of amides is 1. The Morgan fingerprint density at radius 3 is 2.43 bits per heavy atom. The molecule has 2 aromatic carbocycles. The van der Waals surface area contributed by atoms with Crippen LogP contribution in [0.5, 0.6) is 5.75 Å². The fourth-order valence-corrected chi connectivity index (χ4v) is 2.22. The predicted molar refractivity (Wildman–Crippen MR) is 97.6 cm³/mol. The molecule has 23 heavy (non-hydrogen) atoms. The fourth-order valence-electron chi connectivity index (χ4n) is 1.75. The van der Waals surface area contributed by atoms with Crippen molar-refractivity contribution < 1.29 is 9.53 Å². The summed E-state index contributed by atoms with van der Waals surface area (Å²) >= 11 is 11.8. The van der Waals surface area contributed by atoms with Crippen molar-refractivity contribution in [3.63, 3.8) is 0 Å². The number of carbonyl (C=O) groups is 1. The van der Waals surface area contributed by atoms with Crippen molar-refractivity contribution in [3.8, 4) is 5.75 Å². The minimum absolute atomic E-state index is 0.0352.